The topological polar surface area (TPSA) is 110 Å². The predicted octanol–water partition coefficient (Wildman–Crippen LogP) is 0.553. The first-order valence-electron chi connectivity index (χ1n) is 12.7. The first-order chi connectivity index (χ1) is 15.7. The molecule has 33 heavy (non-hydrogen) atoms. The number of hydrogen-bond donors (Lipinski definition) is 2. The van der Waals surface area contributed by atoms with E-state index >= 15 is 0 Å². The monoisotopic (exact) mass is 482 g/mol. The fourth-order valence-corrected chi connectivity index (χ4v) is 7.86. The van der Waals surface area contributed by atoms with E-state index in [-0.39, 0.29) is 23.8 Å². The van der Waals surface area contributed by atoms with Crippen LogP contribution in [0, 0.1) is 23.7 Å². The molecule has 0 aromatic carbocycles. The molecule has 9 nitrogen and oxygen atoms in total. The zero-order valence-electron chi connectivity index (χ0n) is 19.6. The Morgan fingerprint density at radius 2 is 1.48 bits per heavy atom. The highest BCUT2D eigenvalue weighted by atomic mass is 32.2. The SMILES string of the molecule is CS(=O)(=O)N1NCC2CC(C3CCC(C(=O)N4CCN(C(=O)C5(O)CC5)CC4)CC3)CCC21. The largest absolute Gasteiger partial charge is 0.380 e. The predicted molar refractivity (Wildman–Crippen MR) is 122 cm³/mol. The van der Waals surface area contributed by atoms with Crippen LogP contribution in [0.2, 0.25) is 0 Å². The van der Waals surface area contributed by atoms with Crippen LogP contribution < -0.4 is 5.43 Å². The standard InChI is InChI=1S/C23H38N4O5S/c1-33(31,32)27-20-7-6-18(14-19(20)15-24-27)16-2-4-17(5-3-16)21(28)25-10-12-26(13-11-25)22(29)23(30)8-9-23/h16-20,24,30H,2-15H2,1H3. The first kappa shape index (κ1) is 23.5. The summed E-state index contributed by atoms with van der Waals surface area (Å²) >= 11 is 0. The number of carbonyl (C=O) groups excluding carboxylic acids is 2. The summed E-state index contributed by atoms with van der Waals surface area (Å²) in [5.74, 6) is 1.81. The van der Waals surface area contributed by atoms with E-state index in [1.165, 1.54) is 10.7 Å². The van der Waals surface area contributed by atoms with Gasteiger partial charge in [-0.15, -0.1) is 4.41 Å². The Balaban J connectivity index is 1.07. The molecule has 0 radical (unpaired) electrons. The number of sulfonamides is 1. The van der Waals surface area contributed by atoms with Crippen molar-refractivity contribution in [3.05, 3.63) is 0 Å². The van der Waals surface area contributed by atoms with Crippen LogP contribution in [-0.4, -0.2) is 90.2 Å². The highest BCUT2D eigenvalue weighted by Gasteiger charge is 2.50. The lowest BCUT2D eigenvalue weighted by atomic mass is 9.67. The van der Waals surface area contributed by atoms with Gasteiger partial charge in [0, 0.05) is 44.7 Å². The molecule has 2 saturated heterocycles. The number of rotatable bonds is 4. The number of amides is 2. The minimum absolute atomic E-state index is 0.0846. The van der Waals surface area contributed by atoms with Gasteiger partial charge in [0.1, 0.15) is 5.60 Å². The minimum atomic E-state index is -3.21. The lowest BCUT2D eigenvalue weighted by Crippen LogP contribution is -2.54. The van der Waals surface area contributed by atoms with Gasteiger partial charge in [-0.2, -0.15) is 0 Å². The van der Waals surface area contributed by atoms with E-state index in [0.717, 1.165) is 51.5 Å². The van der Waals surface area contributed by atoms with Gasteiger partial charge in [0.25, 0.3) is 5.91 Å². The second-order valence-electron chi connectivity index (χ2n) is 11.1. The third-order valence-corrected chi connectivity index (χ3v) is 10.1. The molecule has 5 aliphatic rings. The van der Waals surface area contributed by atoms with Gasteiger partial charge < -0.3 is 14.9 Å². The number of piperazine rings is 1. The van der Waals surface area contributed by atoms with Crippen molar-refractivity contribution >= 4 is 21.8 Å². The maximum absolute atomic E-state index is 13.1. The van der Waals surface area contributed by atoms with E-state index in [4.69, 9.17) is 0 Å². The van der Waals surface area contributed by atoms with Crippen LogP contribution in [0.3, 0.4) is 0 Å². The smallest absolute Gasteiger partial charge is 0.254 e. The molecule has 2 amide bonds. The Morgan fingerprint density at radius 3 is 2.09 bits per heavy atom. The zero-order valence-corrected chi connectivity index (χ0v) is 20.4. The summed E-state index contributed by atoms with van der Waals surface area (Å²) in [6, 6.07) is 0.0975. The average molecular weight is 483 g/mol. The Bertz CT molecular complexity index is 875. The molecule has 0 spiro atoms. The molecule has 0 bridgehead atoms. The third-order valence-electron chi connectivity index (χ3n) is 8.94. The number of carbonyl (C=O) groups is 2. The molecular formula is C23H38N4O5S. The minimum Gasteiger partial charge on any atom is -0.380 e. The van der Waals surface area contributed by atoms with Crippen LogP contribution in [0.4, 0.5) is 0 Å². The molecular weight excluding hydrogens is 444 g/mol. The van der Waals surface area contributed by atoms with Gasteiger partial charge in [-0.05, 0) is 75.5 Å². The van der Waals surface area contributed by atoms with Gasteiger partial charge >= 0.3 is 0 Å². The maximum Gasteiger partial charge on any atom is 0.254 e. The molecule has 0 aromatic rings. The molecule has 5 fully saturated rings. The van der Waals surface area contributed by atoms with Crippen molar-refractivity contribution in [1.29, 1.82) is 0 Å². The van der Waals surface area contributed by atoms with Crippen LogP contribution in [0.25, 0.3) is 0 Å². The third kappa shape index (κ3) is 4.68. The molecule has 2 aliphatic heterocycles. The van der Waals surface area contributed by atoms with E-state index in [9.17, 15) is 23.1 Å². The summed E-state index contributed by atoms with van der Waals surface area (Å²) < 4.78 is 25.5. The molecule has 3 atom stereocenters. The van der Waals surface area contributed by atoms with Crippen LogP contribution in [0.1, 0.15) is 57.8 Å². The van der Waals surface area contributed by atoms with E-state index in [2.05, 4.69) is 5.43 Å². The van der Waals surface area contributed by atoms with Crippen LogP contribution in [0.5, 0.6) is 0 Å². The summed E-state index contributed by atoms with van der Waals surface area (Å²) in [6.07, 6.45) is 9.48. The number of nitrogens with zero attached hydrogens (tertiary/aromatic N) is 3. The number of hydrazine groups is 1. The molecule has 2 N–H and O–H groups in total. The summed E-state index contributed by atoms with van der Waals surface area (Å²) in [4.78, 5) is 29.1. The molecule has 3 unspecified atom stereocenters. The average Bonchev–Trinajstić information content (AvgIpc) is 3.41. The first-order valence-corrected chi connectivity index (χ1v) is 14.5. The second-order valence-corrected chi connectivity index (χ2v) is 12.9. The molecule has 3 aliphatic carbocycles. The van der Waals surface area contributed by atoms with Crippen molar-refractivity contribution < 1.29 is 23.1 Å². The van der Waals surface area contributed by atoms with Gasteiger partial charge in [-0.3, -0.25) is 9.59 Å². The van der Waals surface area contributed by atoms with Crippen LogP contribution >= 0.6 is 0 Å². The van der Waals surface area contributed by atoms with Crippen molar-refractivity contribution in [2.24, 2.45) is 23.7 Å². The Kier molecular flexibility index (Phi) is 6.25. The summed E-state index contributed by atoms with van der Waals surface area (Å²) in [7, 11) is -3.21. The van der Waals surface area contributed by atoms with Crippen molar-refractivity contribution in [2.75, 3.05) is 39.0 Å². The summed E-state index contributed by atoms with van der Waals surface area (Å²) in [5, 5.41) is 10.1. The van der Waals surface area contributed by atoms with Crippen molar-refractivity contribution in [2.45, 2.75) is 69.4 Å². The van der Waals surface area contributed by atoms with E-state index in [1.807, 2.05) is 4.90 Å². The fraction of sp³-hybridized carbons (Fsp3) is 0.913. The Morgan fingerprint density at radius 1 is 0.879 bits per heavy atom. The van der Waals surface area contributed by atoms with Crippen LogP contribution in [0.15, 0.2) is 0 Å². The quantitative estimate of drug-likeness (QED) is 0.606. The zero-order chi connectivity index (χ0) is 23.4. The second kappa shape index (κ2) is 8.77. The van der Waals surface area contributed by atoms with E-state index in [0.29, 0.717) is 56.8 Å². The van der Waals surface area contributed by atoms with Crippen molar-refractivity contribution in [3.63, 3.8) is 0 Å². The number of fused-ring (bicyclic) bond motifs is 1. The van der Waals surface area contributed by atoms with Crippen molar-refractivity contribution in [3.8, 4) is 0 Å². The molecule has 3 saturated carbocycles. The summed E-state index contributed by atoms with van der Waals surface area (Å²) in [5.41, 5.74) is 1.98. The van der Waals surface area contributed by atoms with Gasteiger partial charge in [-0.1, -0.05) is 0 Å². The van der Waals surface area contributed by atoms with Crippen molar-refractivity contribution in [1.82, 2.24) is 19.6 Å². The van der Waals surface area contributed by atoms with Gasteiger partial charge in [0.05, 0.1) is 6.26 Å². The normalized spacial score (nSPS) is 37.0. The number of nitrogens with one attached hydrogen (secondary N) is 1. The van der Waals surface area contributed by atoms with Gasteiger partial charge in [0.2, 0.25) is 15.9 Å². The molecule has 10 heteroatoms. The maximum atomic E-state index is 13.1. The van der Waals surface area contributed by atoms with Gasteiger partial charge in [0.15, 0.2) is 0 Å². The Hall–Kier alpha value is -1.23. The van der Waals surface area contributed by atoms with Crippen LogP contribution in [-0.2, 0) is 19.6 Å². The highest BCUT2D eigenvalue weighted by molar-refractivity contribution is 7.88. The highest BCUT2D eigenvalue weighted by Crippen LogP contribution is 2.44. The fourth-order valence-electron chi connectivity index (χ4n) is 6.78. The molecule has 2 heterocycles. The number of hydrogen-bond acceptors (Lipinski definition) is 6. The molecule has 186 valence electrons. The lowest BCUT2D eigenvalue weighted by Gasteiger charge is -2.41. The van der Waals surface area contributed by atoms with E-state index < -0.39 is 15.6 Å². The summed E-state index contributed by atoms with van der Waals surface area (Å²) in [6.45, 7) is 2.91. The van der Waals surface area contributed by atoms with Gasteiger partial charge in [-0.25, -0.2) is 13.8 Å². The molecule has 0 aromatic heterocycles. The van der Waals surface area contributed by atoms with E-state index in [1.54, 1.807) is 4.90 Å². The molecule has 5 rings (SSSR count). The Labute approximate surface area is 196 Å². The lowest BCUT2D eigenvalue weighted by molar-refractivity contribution is -0.148. The number of aliphatic hydroxyl groups is 1.